The van der Waals surface area contributed by atoms with E-state index in [2.05, 4.69) is 0 Å². The highest BCUT2D eigenvalue weighted by Crippen LogP contribution is 2.22. The summed E-state index contributed by atoms with van der Waals surface area (Å²) in [7, 11) is 0. The zero-order valence-corrected chi connectivity index (χ0v) is 7.61. The van der Waals surface area contributed by atoms with Gasteiger partial charge >= 0.3 is 6.23 Å². The van der Waals surface area contributed by atoms with E-state index in [-0.39, 0.29) is 10.5 Å². The van der Waals surface area contributed by atoms with Crippen LogP contribution in [0.5, 0.6) is 0 Å². The second-order valence-corrected chi connectivity index (χ2v) is 3.91. The molecule has 1 aliphatic rings. The number of hydrogen-bond donors (Lipinski definition) is 0. The van der Waals surface area contributed by atoms with E-state index in [1.54, 1.807) is 5.06 Å². The third kappa shape index (κ3) is 1.92. The lowest BCUT2D eigenvalue weighted by atomic mass is 10.1. The fraction of sp³-hybridized carbons (Fsp3) is 1.00. The summed E-state index contributed by atoms with van der Waals surface area (Å²) in [6, 6.07) is 0. The smallest absolute Gasteiger partial charge is 0.262 e. The molecule has 1 heterocycles. The minimum atomic E-state index is -0.843. The normalized spacial score (nSPS) is 26.1. The minimum absolute atomic E-state index is 0.148. The van der Waals surface area contributed by atoms with Crippen molar-refractivity contribution >= 4 is 0 Å². The van der Waals surface area contributed by atoms with E-state index in [0.717, 1.165) is 0 Å². The molecule has 0 aliphatic carbocycles. The molecule has 0 aromatic carbocycles. The SMILES string of the molecule is CC(C)(C)N1CCC([N+](=O)[O-])O1. The molecule has 0 aromatic rings. The Kier molecular flexibility index (Phi) is 2.34. The Labute approximate surface area is 71.4 Å². The van der Waals surface area contributed by atoms with Gasteiger partial charge in [-0.3, -0.25) is 10.1 Å². The van der Waals surface area contributed by atoms with Crippen LogP contribution >= 0.6 is 0 Å². The average molecular weight is 174 g/mol. The molecule has 5 heteroatoms. The van der Waals surface area contributed by atoms with Crippen molar-refractivity contribution < 1.29 is 9.76 Å². The standard InChI is InChI=1S/C7H14N2O3/c1-7(2,3)8-5-4-6(12-8)9(10)11/h6H,4-5H2,1-3H3. The topological polar surface area (TPSA) is 55.6 Å². The van der Waals surface area contributed by atoms with Gasteiger partial charge in [0.05, 0.1) is 11.3 Å². The quantitative estimate of drug-likeness (QED) is 0.440. The van der Waals surface area contributed by atoms with Gasteiger partial charge in [0, 0.05) is 12.1 Å². The van der Waals surface area contributed by atoms with Crippen LogP contribution in [-0.4, -0.2) is 28.3 Å². The van der Waals surface area contributed by atoms with Gasteiger partial charge in [-0.1, -0.05) is 0 Å². The lowest BCUT2D eigenvalue weighted by Crippen LogP contribution is -2.39. The average Bonchev–Trinajstić information content (AvgIpc) is 2.30. The fourth-order valence-corrected chi connectivity index (χ4v) is 1.12. The zero-order valence-electron chi connectivity index (χ0n) is 7.61. The van der Waals surface area contributed by atoms with Gasteiger partial charge in [0.2, 0.25) is 0 Å². The Morgan fingerprint density at radius 2 is 2.17 bits per heavy atom. The summed E-state index contributed by atoms with van der Waals surface area (Å²) in [6.07, 6.45) is -0.367. The third-order valence-electron chi connectivity index (χ3n) is 1.81. The van der Waals surface area contributed by atoms with E-state index < -0.39 is 6.23 Å². The largest absolute Gasteiger partial charge is 0.332 e. The molecule has 0 spiro atoms. The summed E-state index contributed by atoms with van der Waals surface area (Å²) in [5, 5.41) is 12.0. The predicted molar refractivity (Wildman–Crippen MR) is 42.9 cm³/mol. The summed E-state index contributed by atoms with van der Waals surface area (Å²) in [5.74, 6) is 0. The first-order valence-corrected chi connectivity index (χ1v) is 3.99. The van der Waals surface area contributed by atoms with Crippen molar-refractivity contribution in [1.82, 2.24) is 5.06 Å². The van der Waals surface area contributed by atoms with Crippen LogP contribution in [0, 0.1) is 10.1 Å². The molecule has 1 fully saturated rings. The third-order valence-corrected chi connectivity index (χ3v) is 1.81. The molecule has 0 N–H and O–H groups in total. The van der Waals surface area contributed by atoms with Crippen molar-refractivity contribution in [3.8, 4) is 0 Å². The maximum atomic E-state index is 10.3. The molecule has 70 valence electrons. The molecule has 0 amide bonds. The van der Waals surface area contributed by atoms with E-state index in [1.807, 2.05) is 20.8 Å². The van der Waals surface area contributed by atoms with Gasteiger partial charge in [-0.25, -0.2) is 4.84 Å². The van der Waals surface area contributed by atoms with Crippen LogP contribution in [0.1, 0.15) is 27.2 Å². The molecular weight excluding hydrogens is 160 g/mol. The maximum absolute atomic E-state index is 10.3. The summed E-state index contributed by atoms with van der Waals surface area (Å²) in [4.78, 5) is 15.1. The van der Waals surface area contributed by atoms with E-state index in [1.165, 1.54) is 0 Å². The van der Waals surface area contributed by atoms with Crippen LogP contribution < -0.4 is 0 Å². The van der Waals surface area contributed by atoms with Crippen molar-refractivity contribution in [2.45, 2.75) is 39.0 Å². The molecular formula is C7H14N2O3. The van der Waals surface area contributed by atoms with E-state index in [4.69, 9.17) is 4.84 Å². The van der Waals surface area contributed by atoms with Gasteiger partial charge in [-0.05, 0) is 20.8 Å². The highest BCUT2D eigenvalue weighted by atomic mass is 16.8. The molecule has 0 saturated carbocycles. The first kappa shape index (κ1) is 9.41. The van der Waals surface area contributed by atoms with Gasteiger partial charge in [0.25, 0.3) is 0 Å². The van der Waals surface area contributed by atoms with Crippen LogP contribution in [0.2, 0.25) is 0 Å². The Hall–Kier alpha value is -0.680. The van der Waals surface area contributed by atoms with Crippen molar-refractivity contribution in [3.63, 3.8) is 0 Å². The number of nitrogens with zero attached hydrogens (tertiary/aromatic N) is 2. The van der Waals surface area contributed by atoms with E-state index in [0.29, 0.717) is 13.0 Å². The highest BCUT2D eigenvalue weighted by Gasteiger charge is 2.37. The van der Waals surface area contributed by atoms with Crippen LogP contribution in [-0.2, 0) is 4.84 Å². The number of hydroxylamine groups is 2. The van der Waals surface area contributed by atoms with Gasteiger partial charge in [-0.15, -0.1) is 0 Å². The van der Waals surface area contributed by atoms with Gasteiger partial charge in [0.15, 0.2) is 0 Å². The van der Waals surface area contributed by atoms with Crippen molar-refractivity contribution in [2.24, 2.45) is 0 Å². The van der Waals surface area contributed by atoms with Gasteiger partial charge in [0.1, 0.15) is 0 Å². The van der Waals surface area contributed by atoms with Crippen molar-refractivity contribution in [2.75, 3.05) is 6.54 Å². The predicted octanol–water partition coefficient (Wildman–Crippen LogP) is 1.02. The molecule has 12 heavy (non-hydrogen) atoms. The zero-order chi connectivity index (χ0) is 9.35. The van der Waals surface area contributed by atoms with Crippen molar-refractivity contribution in [3.05, 3.63) is 10.1 Å². The monoisotopic (exact) mass is 174 g/mol. The van der Waals surface area contributed by atoms with Crippen LogP contribution in [0.25, 0.3) is 0 Å². The van der Waals surface area contributed by atoms with E-state index >= 15 is 0 Å². The highest BCUT2D eigenvalue weighted by molar-refractivity contribution is 4.73. The summed E-state index contributed by atoms with van der Waals surface area (Å²) < 4.78 is 0. The van der Waals surface area contributed by atoms with Crippen LogP contribution in [0.3, 0.4) is 0 Å². The molecule has 1 rings (SSSR count). The number of hydrogen-bond acceptors (Lipinski definition) is 4. The molecule has 1 unspecified atom stereocenters. The molecule has 0 radical (unpaired) electrons. The minimum Gasteiger partial charge on any atom is -0.262 e. The van der Waals surface area contributed by atoms with Gasteiger partial charge in [-0.2, -0.15) is 5.06 Å². The molecule has 1 saturated heterocycles. The number of nitro groups is 1. The Balaban J connectivity index is 2.51. The second kappa shape index (κ2) is 2.99. The van der Waals surface area contributed by atoms with Crippen LogP contribution in [0.4, 0.5) is 0 Å². The molecule has 0 aromatic heterocycles. The number of rotatable bonds is 1. The molecule has 1 aliphatic heterocycles. The second-order valence-electron chi connectivity index (χ2n) is 3.91. The summed E-state index contributed by atoms with van der Waals surface area (Å²) in [6.45, 7) is 6.54. The molecule has 5 nitrogen and oxygen atoms in total. The lowest BCUT2D eigenvalue weighted by Gasteiger charge is -2.28. The van der Waals surface area contributed by atoms with Crippen molar-refractivity contribution in [1.29, 1.82) is 0 Å². The molecule has 1 atom stereocenters. The first-order chi connectivity index (χ1) is 5.41. The lowest BCUT2D eigenvalue weighted by molar-refractivity contribution is -0.586. The Morgan fingerprint density at radius 1 is 1.58 bits per heavy atom. The van der Waals surface area contributed by atoms with Crippen LogP contribution in [0.15, 0.2) is 0 Å². The van der Waals surface area contributed by atoms with E-state index in [9.17, 15) is 10.1 Å². The Bertz CT molecular complexity index is 188. The fourth-order valence-electron chi connectivity index (χ4n) is 1.12. The first-order valence-electron chi connectivity index (χ1n) is 3.99. The summed E-state index contributed by atoms with van der Waals surface area (Å²) in [5.41, 5.74) is -0.148. The maximum Gasteiger partial charge on any atom is 0.332 e. The summed E-state index contributed by atoms with van der Waals surface area (Å²) >= 11 is 0. The van der Waals surface area contributed by atoms with Gasteiger partial charge < -0.3 is 0 Å². The Morgan fingerprint density at radius 3 is 2.42 bits per heavy atom. The molecule has 0 bridgehead atoms.